The van der Waals surface area contributed by atoms with E-state index in [0.29, 0.717) is 26.4 Å². The lowest BCUT2D eigenvalue weighted by Crippen LogP contribution is -2.27. The zero-order chi connectivity index (χ0) is 16.0. The molecule has 0 radical (unpaired) electrons. The van der Waals surface area contributed by atoms with Gasteiger partial charge in [-0.05, 0) is 6.42 Å². The Balaban J connectivity index is 1.61. The van der Waals surface area contributed by atoms with Crippen LogP contribution in [0.5, 0.6) is 0 Å². The van der Waals surface area contributed by atoms with Crippen molar-refractivity contribution in [1.82, 2.24) is 4.72 Å². The molecule has 0 bridgehead atoms. The molecule has 10 heteroatoms. The minimum atomic E-state index is -4.48. The van der Waals surface area contributed by atoms with Gasteiger partial charge in [0.2, 0.25) is 5.91 Å². The molecule has 22 heavy (non-hydrogen) atoms. The summed E-state index contributed by atoms with van der Waals surface area (Å²) in [6.45, 7) is 2.44. The van der Waals surface area contributed by atoms with Gasteiger partial charge >= 0.3 is 5.51 Å². The number of carbonyl (C=O) groups is 1. The number of rotatable bonds is 11. The van der Waals surface area contributed by atoms with Gasteiger partial charge in [0.05, 0.1) is 51.1 Å². The standard InChI is InChI=1S/C12H18F3NO5S/c13-12(14,15)22-16-11(17)2-1-8(19-6-10-7-21-10)3-18-4-9-5-20-9/h8-10H,1-7H2,(H,16,17). The van der Waals surface area contributed by atoms with Crippen LogP contribution >= 0.6 is 11.9 Å². The second kappa shape index (κ2) is 8.34. The summed E-state index contributed by atoms with van der Waals surface area (Å²) in [7, 11) is 0. The second-order valence-electron chi connectivity index (χ2n) is 5.02. The first-order chi connectivity index (χ1) is 10.4. The molecule has 3 atom stereocenters. The third kappa shape index (κ3) is 8.79. The Bertz CT molecular complexity index is 363. The van der Waals surface area contributed by atoms with Crippen LogP contribution < -0.4 is 4.72 Å². The maximum atomic E-state index is 12.0. The zero-order valence-corrected chi connectivity index (χ0v) is 12.6. The Kier molecular flexibility index (Phi) is 6.75. The number of hydrogen-bond donors (Lipinski definition) is 1. The maximum absolute atomic E-state index is 12.0. The van der Waals surface area contributed by atoms with Gasteiger partial charge in [-0.2, -0.15) is 13.2 Å². The molecule has 3 unspecified atom stereocenters. The van der Waals surface area contributed by atoms with Crippen LogP contribution in [0.2, 0.25) is 0 Å². The van der Waals surface area contributed by atoms with Crippen molar-refractivity contribution in [3.63, 3.8) is 0 Å². The predicted octanol–water partition coefficient (Wildman–Crippen LogP) is 1.25. The number of ether oxygens (including phenoxy) is 4. The van der Waals surface area contributed by atoms with E-state index >= 15 is 0 Å². The Morgan fingerprint density at radius 2 is 1.91 bits per heavy atom. The normalized spacial score (nSPS) is 24.9. The quantitative estimate of drug-likeness (QED) is 0.449. The summed E-state index contributed by atoms with van der Waals surface area (Å²) < 4.78 is 58.6. The molecule has 128 valence electrons. The average molecular weight is 345 g/mol. The van der Waals surface area contributed by atoms with Gasteiger partial charge < -0.3 is 18.9 Å². The van der Waals surface area contributed by atoms with E-state index in [1.54, 1.807) is 4.72 Å². The molecule has 2 heterocycles. The van der Waals surface area contributed by atoms with Crippen LogP contribution in [0.15, 0.2) is 0 Å². The van der Waals surface area contributed by atoms with Crippen molar-refractivity contribution in [1.29, 1.82) is 0 Å². The summed E-state index contributed by atoms with van der Waals surface area (Å²) in [5, 5.41) is 0. The van der Waals surface area contributed by atoms with Crippen molar-refractivity contribution in [3.8, 4) is 0 Å². The molecule has 2 aliphatic heterocycles. The van der Waals surface area contributed by atoms with E-state index in [2.05, 4.69) is 0 Å². The van der Waals surface area contributed by atoms with Gasteiger partial charge in [0.1, 0.15) is 12.2 Å². The highest BCUT2D eigenvalue weighted by molar-refractivity contribution is 7.98. The maximum Gasteiger partial charge on any atom is 0.461 e. The Hall–Kier alpha value is -0.550. The molecule has 0 aliphatic carbocycles. The van der Waals surface area contributed by atoms with Crippen LogP contribution in [0.25, 0.3) is 0 Å². The van der Waals surface area contributed by atoms with Gasteiger partial charge in [0.15, 0.2) is 0 Å². The van der Waals surface area contributed by atoms with E-state index < -0.39 is 23.4 Å². The molecule has 1 amide bonds. The van der Waals surface area contributed by atoms with E-state index in [9.17, 15) is 18.0 Å². The van der Waals surface area contributed by atoms with E-state index in [4.69, 9.17) is 18.9 Å². The topological polar surface area (TPSA) is 72.6 Å². The van der Waals surface area contributed by atoms with E-state index in [1.807, 2.05) is 0 Å². The SMILES string of the molecule is O=C(CCC(COCC1CO1)OCC1CO1)NSC(F)(F)F. The van der Waals surface area contributed by atoms with E-state index in [0.717, 1.165) is 0 Å². The summed E-state index contributed by atoms with van der Waals surface area (Å²) in [4.78, 5) is 11.4. The zero-order valence-electron chi connectivity index (χ0n) is 11.8. The number of nitrogens with one attached hydrogen (secondary N) is 1. The van der Waals surface area contributed by atoms with E-state index in [1.165, 1.54) is 0 Å². The number of hydrogen-bond acceptors (Lipinski definition) is 6. The number of carbonyl (C=O) groups excluding carboxylic acids is 1. The molecule has 1 N–H and O–H groups in total. The van der Waals surface area contributed by atoms with Crippen molar-refractivity contribution in [2.45, 2.75) is 36.7 Å². The summed E-state index contributed by atoms with van der Waals surface area (Å²) in [6.07, 6.45) is 0.0535. The van der Waals surface area contributed by atoms with Crippen LogP contribution in [-0.4, -0.2) is 62.8 Å². The number of halogens is 3. The van der Waals surface area contributed by atoms with Crippen LogP contribution in [-0.2, 0) is 23.7 Å². The average Bonchev–Trinajstić information content (AvgIpc) is 3.32. The monoisotopic (exact) mass is 345 g/mol. The molecule has 6 nitrogen and oxygen atoms in total. The van der Waals surface area contributed by atoms with Crippen LogP contribution in [0.1, 0.15) is 12.8 Å². The predicted molar refractivity (Wildman–Crippen MR) is 71.1 cm³/mol. The molecular weight excluding hydrogens is 327 g/mol. The molecule has 2 aliphatic rings. The first-order valence-corrected chi connectivity index (χ1v) is 7.70. The summed E-state index contributed by atoms with van der Waals surface area (Å²) in [5.41, 5.74) is -4.48. The van der Waals surface area contributed by atoms with Gasteiger partial charge in [-0.3, -0.25) is 9.52 Å². The lowest BCUT2D eigenvalue weighted by molar-refractivity contribution is -0.120. The molecule has 0 aromatic heterocycles. The Morgan fingerprint density at radius 3 is 2.50 bits per heavy atom. The van der Waals surface area contributed by atoms with Crippen molar-refractivity contribution in [2.75, 3.05) is 33.0 Å². The highest BCUT2D eigenvalue weighted by Crippen LogP contribution is 2.27. The van der Waals surface area contributed by atoms with Crippen LogP contribution in [0, 0.1) is 0 Å². The summed E-state index contributed by atoms with van der Waals surface area (Å²) in [6, 6.07) is 0. The van der Waals surface area contributed by atoms with Crippen molar-refractivity contribution in [2.24, 2.45) is 0 Å². The molecule has 0 aromatic rings. The smallest absolute Gasteiger partial charge is 0.376 e. The third-order valence-corrected chi connectivity index (χ3v) is 3.47. The third-order valence-electron chi connectivity index (χ3n) is 2.90. The van der Waals surface area contributed by atoms with Crippen molar-refractivity contribution >= 4 is 17.9 Å². The van der Waals surface area contributed by atoms with Crippen LogP contribution in [0.3, 0.4) is 0 Å². The molecule has 2 rings (SSSR count). The van der Waals surface area contributed by atoms with Gasteiger partial charge in [0, 0.05) is 6.42 Å². The number of epoxide rings is 2. The largest absolute Gasteiger partial charge is 0.461 e. The fraction of sp³-hybridized carbons (Fsp3) is 0.917. The summed E-state index contributed by atoms with van der Waals surface area (Å²) in [5.74, 6) is -0.691. The van der Waals surface area contributed by atoms with Crippen molar-refractivity contribution in [3.05, 3.63) is 0 Å². The van der Waals surface area contributed by atoms with Gasteiger partial charge in [-0.1, -0.05) is 0 Å². The van der Waals surface area contributed by atoms with E-state index in [-0.39, 0.29) is 37.8 Å². The fourth-order valence-corrected chi connectivity index (χ4v) is 1.91. The van der Waals surface area contributed by atoms with Gasteiger partial charge in [-0.15, -0.1) is 0 Å². The number of amides is 1. The first kappa shape index (κ1) is 17.8. The molecule has 0 saturated carbocycles. The minimum absolute atomic E-state index is 0.0669. The second-order valence-corrected chi connectivity index (χ2v) is 5.89. The summed E-state index contributed by atoms with van der Waals surface area (Å²) >= 11 is -0.557. The molecule has 0 spiro atoms. The van der Waals surface area contributed by atoms with Gasteiger partial charge in [0.25, 0.3) is 0 Å². The highest BCUT2D eigenvalue weighted by Gasteiger charge is 2.30. The van der Waals surface area contributed by atoms with Crippen molar-refractivity contribution < 1.29 is 36.9 Å². The Morgan fingerprint density at radius 1 is 1.27 bits per heavy atom. The lowest BCUT2D eigenvalue weighted by Gasteiger charge is -2.17. The molecular formula is C12H18F3NO5S. The first-order valence-electron chi connectivity index (χ1n) is 6.88. The lowest BCUT2D eigenvalue weighted by atomic mass is 10.2. The fourth-order valence-electron chi connectivity index (χ4n) is 1.58. The minimum Gasteiger partial charge on any atom is -0.376 e. The molecule has 0 aromatic carbocycles. The molecule has 2 saturated heterocycles. The number of alkyl halides is 3. The highest BCUT2D eigenvalue weighted by atomic mass is 32.2. The Labute approximate surface area is 130 Å². The van der Waals surface area contributed by atoms with Gasteiger partial charge in [-0.25, -0.2) is 0 Å². The van der Waals surface area contributed by atoms with Crippen LogP contribution in [0.4, 0.5) is 13.2 Å². The molecule has 2 fully saturated rings.